The van der Waals surface area contributed by atoms with Crippen molar-refractivity contribution in [2.45, 2.75) is 0 Å². The molecule has 0 spiro atoms. The third-order valence-corrected chi connectivity index (χ3v) is 2.47. The van der Waals surface area contributed by atoms with E-state index in [9.17, 15) is 0 Å². The molecule has 0 saturated heterocycles. The molecule has 12 heavy (non-hydrogen) atoms. The molecule has 2 rings (SSSR count). The maximum atomic E-state index is 5.80. The number of nitrogens with zero attached hydrogens (tertiary/aromatic N) is 1. The number of aromatic amines is 1. The first-order chi connectivity index (χ1) is 5.68. The van der Waals surface area contributed by atoms with Crippen LogP contribution in [0, 0.1) is 0 Å². The summed E-state index contributed by atoms with van der Waals surface area (Å²) in [6, 6.07) is 1.69. The molecule has 62 valence electrons. The van der Waals surface area contributed by atoms with Crippen molar-refractivity contribution >= 4 is 45.8 Å². The SMILES string of the molecule is Clc1cc2[nH]cc(Cl)c2nc1Cl. The minimum Gasteiger partial charge on any atom is -0.358 e. The molecule has 0 saturated carbocycles. The van der Waals surface area contributed by atoms with Gasteiger partial charge >= 0.3 is 0 Å². The average Bonchev–Trinajstić information content (AvgIpc) is 2.35. The van der Waals surface area contributed by atoms with Gasteiger partial charge in [0, 0.05) is 6.20 Å². The number of halogens is 3. The minimum absolute atomic E-state index is 0.269. The molecule has 2 aromatic rings. The van der Waals surface area contributed by atoms with Crippen molar-refractivity contribution in [3.05, 3.63) is 27.5 Å². The highest BCUT2D eigenvalue weighted by molar-refractivity contribution is 6.42. The van der Waals surface area contributed by atoms with Crippen molar-refractivity contribution in [1.29, 1.82) is 0 Å². The quantitative estimate of drug-likeness (QED) is 0.678. The van der Waals surface area contributed by atoms with E-state index in [2.05, 4.69) is 9.97 Å². The maximum Gasteiger partial charge on any atom is 0.148 e. The Kier molecular flexibility index (Phi) is 1.91. The smallest absolute Gasteiger partial charge is 0.148 e. The Hall–Kier alpha value is -0.440. The van der Waals surface area contributed by atoms with Crippen LogP contribution < -0.4 is 0 Å². The van der Waals surface area contributed by atoms with E-state index < -0.39 is 0 Å². The number of hydrogen-bond acceptors (Lipinski definition) is 1. The van der Waals surface area contributed by atoms with Gasteiger partial charge in [-0.2, -0.15) is 0 Å². The van der Waals surface area contributed by atoms with E-state index in [1.54, 1.807) is 12.3 Å². The van der Waals surface area contributed by atoms with Crippen molar-refractivity contribution in [3.8, 4) is 0 Å². The van der Waals surface area contributed by atoms with Gasteiger partial charge in [-0.25, -0.2) is 4.98 Å². The van der Waals surface area contributed by atoms with E-state index in [-0.39, 0.29) is 5.15 Å². The molecule has 0 unspecified atom stereocenters. The Balaban J connectivity index is 2.87. The van der Waals surface area contributed by atoms with Crippen LogP contribution in [0.25, 0.3) is 11.0 Å². The summed E-state index contributed by atoms with van der Waals surface area (Å²) in [5.74, 6) is 0. The third kappa shape index (κ3) is 1.16. The molecule has 0 aliphatic rings. The number of aromatic nitrogens is 2. The lowest BCUT2D eigenvalue weighted by Gasteiger charge is -1.94. The second kappa shape index (κ2) is 2.80. The van der Waals surface area contributed by atoms with E-state index in [4.69, 9.17) is 34.8 Å². The highest BCUT2D eigenvalue weighted by Gasteiger charge is 2.06. The number of H-pyrrole nitrogens is 1. The van der Waals surface area contributed by atoms with Crippen LogP contribution in [0.15, 0.2) is 12.3 Å². The summed E-state index contributed by atoms with van der Waals surface area (Å²) in [6.45, 7) is 0. The van der Waals surface area contributed by atoms with Crippen LogP contribution in [0.2, 0.25) is 15.2 Å². The predicted octanol–water partition coefficient (Wildman–Crippen LogP) is 3.52. The molecule has 0 radical (unpaired) electrons. The molecule has 5 heteroatoms. The van der Waals surface area contributed by atoms with E-state index in [0.717, 1.165) is 5.52 Å². The number of nitrogens with one attached hydrogen (secondary N) is 1. The summed E-state index contributed by atoms with van der Waals surface area (Å²) >= 11 is 17.2. The van der Waals surface area contributed by atoms with Crippen LogP contribution in [-0.2, 0) is 0 Å². The first-order valence-corrected chi connectivity index (χ1v) is 4.30. The molecule has 2 aromatic heterocycles. The lowest BCUT2D eigenvalue weighted by Crippen LogP contribution is -1.78. The van der Waals surface area contributed by atoms with Crippen LogP contribution in [0.1, 0.15) is 0 Å². The topological polar surface area (TPSA) is 28.7 Å². The molecule has 0 amide bonds. The van der Waals surface area contributed by atoms with Gasteiger partial charge in [0.1, 0.15) is 10.7 Å². The van der Waals surface area contributed by atoms with Gasteiger partial charge in [-0.05, 0) is 6.07 Å². The molecule has 0 aromatic carbocycles. The van der Waals surface area contributed by atoms with Crippen molar-refractivity contribution in [2.75, 3.05) is 0 Å². The van der Waals surface area contributed by atoms with Crippen LogP contribution >= 0.6 is 34.8 Å². The standard InChI is InChI=1S/C7H3Cl3N2/c8-3-1-5-6(12-7(3)10)4(9)2-11-5/h1-2,11H. The van der Waals surface area contributed by atoms with Crippen LogP contribution in [0.5, 0.6) is 0 Å². The van der Waals surface area contributed by atoms with E-state index >= 15 is 0 Å². The summed E-state index contributed by atoms with van der Waals surface area (Å²) in [5, 5.41) is 1.23. The van der Waals surface area contributed by atoms with E-state index in [1.807, 2.05) is 0 Å². The first-order valence-electron chi connectivity index (χ1n) is 3.17. The molecule has 2 nitrogen and oxygen atoms in total. The van der Waals surface area contributed by atoms with Crippen LogP contribution in [-0.4, -0.2) is 9.97 Å². The van der Waals surface area contributed by atoms with Crippen LogP contribution in [0.4, 0.5) is 0 Å². The Morgan fingerprint density at radius 2 is 1.92 bits per heavy atom. The fourth-order valence-electron chi connectivity index (χ4n) is 0.968. The molecule has 2 heterocycles. The van der Waals surface area contributed by atoms with E-state index in [0.29, 0.717) is 15.6 Å². The number of fused-ring (bicyclic) bond motifs is 1. The van der Waals surface area contributed by atoms with Gasteiger partial charge in [0.05, 0.1) is 15.6 Å². The van der Waals surface area contributed by atoms with Gasteiger partial charge < -0.3 is 4.98 Å². The van der Waals surface area contributed by atoms with Gasteiger partial charge in [-0.15, -0.1) is 0 Å². The van der Waals surface area contributed by atoms with Crippen molar-refractivity contribution in [3.63, 3.8) is 0 Å². The fraction of sp³-hybridized carbons (Fsp3) is 0. The lowest BCUT2D eigenvalue weighted by molar-refractivity contribution is 1.40. The van der Waals surface area contributed by atoms with Crippen LogP contribution in [0.3, 0.4) is 0 Å². The number of rotatable bonds is 0. The Morgan fingerprint density at radius 3 is 2.67 bits per heavy atom. The zero-order valence-corrected chi connectivity index (χ0v) is 8.00. The second-order valence-corrected chi connectivity index (χ2v) is 3.47. The zero-order valence-electron chi connectivity index (χ0n) is 5.74. The minimum atomic E-state index is 0.269. The number of pyridine rings is 1. The monoisotopic (exact) mass is 220 g/mol. The summed E-state index contributed by atoms with van der Waals surface area (Å²) in [7, 11) is 0. The molecule has 0 aliphatic heterocycles. The molecular formula is C7H3Cl3N2. The fourth-order valence-corrected chi connectivity index (χ4v) is 1.46. The zero-order chi connectivity index (χ0) is 8.72. The molecule has 0 atom stereocenters. The molecule has 1 N–H and O–H groups in total. The number of hydrogen-bond donors (Lipinski definition) is 1. The van der Waals surface area contributed by atoms with Crippen molar-refractivity contribution in [2.24, 2.45) is 0 Å². The van der Waals surface area contributed by atoms with Crippen molar-refractivity contribution in [1.82, 2.24) is 9.97 Å². The second-order valence-electron chi connectivity index (χ2n) is 2.29. The third-order valence-electron chi connectivity index (χ3n) is 1.51. The van der Waals surface area contributed by atoms with Gasteiger partial charge in [-0.3, -0.25) is 0 Å². The van der Waals surface area contributed by atoms with Crippen molar-refractivity contribution < 1.29 is 0 Å². The summed E-state index contributed by atoms with van der Waals surface area (Å²) < 4.78 is 0. The van der Waals surface area contributed by atoms with Gasteiger partial charge in [0.15, 0.2) is 0 Å². The van der Waals surface area contributed by atoms with Gasteiger partial charge in [0.25, 0.3) is 0 Å². The molecular weight excluding hydrogens is 218 g/mol. The Bertz CT molecular complexity index is 435. The summed E-state index contributed by atoms with van der Waals surface area (Å²) in [5.41, 5.74) is 1.43. The summed E-state index contributed by atoms with van der Waals surface area (Å²) in [6.07, 6.45) is 1.64. The molecule has 0 fully saturated rings. The predicted molar refractivity (Wildman–Crippen MR) is 51.1 cm³/mol. The summed E-state index contributed by atoms with van der Waals surface area (Å²) in [4.78, 5) is 6.92. The van der Waals surface area contributed by atoms with Gasteiger partial charge in [0.2, 0.25) is 0 Å². The van der Waals surface area contributed by atoms with E-state index in [1.165, 1.54) is 0 Å². The Morgan fingerprint density at radius 1 is 1.17 bits per heavy atom. The highest BCUT2D eigenvalue weighted by atomic mass is 35.5. The first kappa shape index (κ1) is 8.17. The highest BCUT2D eigenvalue weighted by Crippen LogP contribution is 2.27. The maximum absolute atomic E-state index is 5.80. The van der Waals surface area contributed by atoms with Gasteiger partial charge in [-0.1, -0.05) is 34.8 Å². The average molecular weight is 221 g/mol. The largest absolute Gasteiger partial charge is 0.358 e. The molecule has 0 aliphatic carbocycles. The Labute approximate surface area is 83.5 Å². The lowest BCUT2D eigenvalue weighted by atomic mass is 10.4. The molecule has 0 bridgehead atoms. The normalized spacial score (nSPS) is 10.9.